The predicted molar refractivity (Wildman–Crippen MR) is 112 cm³/mol. The van der Waals surface area contributed by atoms with Crippen LogP contribution < -0.4 is 24.4 Å². The smallest absolute Gasteiger partial charge is 0.262 e. The topological polar surface area (TPSA) is 69.3 Å². The molecule has 1 aliphatic rings. The molecule has 0 aromatic heterocycles. The highest BCUT2D eigenvalue weighted by molar-refractivity contribution is 5.94. The van der Waals surface area contributed by atoms with Gasteiger partial charge in [0.05, 0.1) is 37.8 Å². The lowest BCUT2D eigenvalue weighted by Gasteiger charge is -2.31. The first kappa shape index (κ1) is 21.7. The van der Waals surface area contributed by atoms with E-state index in [0.717, 1.165) is 18.8 Å². The van der Waals surface area contributed by atoms with E-state index in [2.05, 4.69) is 10.2 Å². The van der Waals surface area contributed by atoms with Crippen LogP contribution in [-0.4, -0.2) is 52.0 Å². The van der Waals surface area contributed by atoms with E-state index in [1.807, 2.05) is 19.9 Å². The number of benzene rings is 2. The summed E-state index contributed by atoms with van der Waals surface area (Å²) in [4.78, 5) is 14.6. The number of ether oxygens (including phenoxy) is 4. The molecule has 0 atom stereocenters. The zero-order valence-corrected chi connectivity index (χ0v) is 17.3. The van der Waals surface area contributed by atoms with Crippen molar-refractivity contribution < 1.29 is 28.1 Å². The third kappa shape index (κ3) is 5.54. The first-order valence-corrected chi connectivity index (χ1v) is 10.1. The van der Waals surface area contributed by atoms with Gasteiger partial charge in [-0.25, -0.2) is 4.39 Å². The average Bonchev–Trinajstić information content (AvgIpc) is 2.76. The number of para-hydroxylation sites is 1. The van der Waals surface area contributed by atoms with Crippen LogP contribution >= 0.6 is 0 Å². The summed E-state index contributed by atoms with van der Waals surface area (Å²) in [5, 5.41) is 2.78. The zero-order valence-electron chi connectivity index (χ0n) is 17.3. The Kier molecular flexibility index (Phi) is 7.73. The molecule has 0 radical (unpaired) electrons. The molecule has 3 rings (SSSR count). The summed E-state index contributed by atoms with van der Waals surface area (Å²) in [6, 6.07) is 9.56. The van der Waals surface area contributed by atoms with E-state index in [-0.39, 0.29) is 12.4 Å². The molecule has 1 N–H and O–H groups in total. The molecular weight excluding hydrogens is 391 g/mol. The maximum atomic E-state index is 13.7. The number of rotatable bonds is 9. The van der Waals surface area contributed by atoms with Crippen LogP contribution in [0.1, 0.15) is 13.8 Å². The minimum absolute atomic E-state index is 0.0235. The Morgan fingerprint density at radius 3 is 2.43 bits per heavy atom. The van der Waals surface area contributed by atoms with Crippen LogP contribution in [-0.2, 0) is 9.53 Å². The molecule has 0 unspecified atom stereocenters. The maximum absolute atomic E-state index is 13.7. The molecule has 1 fully saturated rings. The summed E-state index contributed by atoms with van der Waals surface area (Å²) in [5.41, 5.74) is 1.36. The normalized spacial score (nSPS) is 13.6. The maximum Gasteiger partial charge on any atom is 0.262 e. The molecule has 1 heterocycles. The summed E-state index contributed by atoms with van der Waals surface area (Å²) in [6.45, 7) is 7.13. The van der Waals surface area contributed by atoms with E-state index in [0.29, 0.717) is 43.6 Å². The highest BCUT2D eigenvalue weighted by atomic mass is 19.1. The molecule has 7 nitrogen and oxygen atoms in total. The SMILES string of the molecule is CCOc1cc(N2CCOCC2)c(OCC)cc1NC(=O)COc1ccccc1F. The number of nitrogens with zero attached hydrogens (tertiary/aromatic N) is 1. The second-order valence-electron chi connectivity index (χ2n) is 6.55. The van der Waals surface area contributed by atoms with Gasteiger partial charge in [-0.2, -0.15) is 0 Å². The molecule has 8 heteroatoms. The van der Waals surface area contributed by atoms with Crippen LogP contribution in [0.2, 0.25) is 0 Å². The van der Waals surface area contributed by atoms with Crippen molar-refractivity contribution in [3.8, 4) is 17.2 Å². The Labute approximate surface area is 175 Å². The van der Waals surface area contributed by atoms with Crippen molar-refractivity contribution in [2.24, 2.45) is 0 Å². The van der Waals surface area contributed by atoms with Gasteiger partial charge in [-0.1, -0.05) is 12.1 Å². The molecule has 2 aromatic carbocycles. The molecule has 1 aliphatic heterocycles. The molecule has 30 heavy (non-hydrogen) atoms. The number of hydrogen-bond donors (Lipinski definition) is 1. The molecule has 1 saturated heterocycles. The average molecular weight is 418 g/mol. The third-order valence-electron chi connectivity index (χ3n) is 4.48. The second kappa shape index (κ2) is 10.7. The molecule has 0 bridgehead atoms. The first-order valence-electron chi connectivity index (χ1n) is 10.1. The predicted octanol–water partition coefficient (Wildman–Crippen LogP) is 3.48. The lowest BCUT2D eigenvalue weighted by Crippen LogP contribution is -2.36. The van der Waals surface area contributed by atoms with Crippen molar-refractivity contribution in [1.29, 1.82) is 0 Å². The van der Waals surface area contributed by atoms with Gasteiger partial charge < -0.3 is 29.2 Å². The van der Waals surface area contributed by atoms with Crippen molar-refractivity contribution in [3.63, 3.8) is 0 Å². The van der Waals surface area contributed by atoms with Crippen LogP contribution in [0.5, 0.6) is 17.2 Å². The number of carbonyl (C=O) groups excluding carboxylic acids is 1. The Bertz CT molecular complexity index is 855. The van der Waals surface area contributed by atoms with E-state index >= 15 is 0 Å². The number of hydrogen-bond acceptors (Lipinski definition) is 6. The van der Waals surface area contributed by atoms with Gasteiger partial charge in [0.1, 0.15) is 11.5 Å². The lowest BCUT2D eigenvalue weighted by atomic mass is 10.2. The van der Waals surface area contributed by atoms with E-state index in [4.69, 9.17) is 18.9 Å². The molecular formula is C22H27FN2O5. The van der Waals surface area contributed by atoms with Crippen LogP contribution in [0, 0.1) is 5.82 Å². The Morgan fingerprint density at radius 1 is 1.03 bits per heavy atom. The van der Waals surface area contributed by atoms with Gasteiger partial charge in [-0.15, -0.1) is 0 Å². The number of morpholine rings is 1. The van der Waals surface area contributed by atoms with Gasteiger partial charge in [0.25, 0.3) is 5.91 Å². The van der Waals surface area contributed by atoms with E-state index in [1.54, 1.807) is 18.2 Å². The second-order valence-corrected chi connectivity index (χ2v) is 6.55. The van der Waals surface area contributed by atoms with Gasteiger partial charge in [-0.3, -0.25) is 4.79 Å². The highest BCUT2D eigenvalue weighted by Gasteiger charge is 2.20. The fourth-order valence-electron chi connectivity index (χ4n) is 3.14. The first-order chi connectivity index (χ1) is 14.6. The Morgan fingerprint density at radius 2 is 1.73 bits per heavy atom. The number of halogens is 1. The number of carbonyl (C=O) groups is 1. The summed E-state index contributed by atoms with van der Waals surface area (Å²) in [5.74, 6) is 0.250. The fraction of sp³-hybridized carbons (Fsp3) is 0.409. The van der Waals surface area contributed by atoms with Crippen molar-refractivity contribution in [2.45, 2.75) is 13.8 Å². The van der Waals surface area contributed by atoms with Crippen molar-refractivity contribution >= 4 is 17.3 Å². The quantitative estimate of drug-likeness (QED) is 0.673. The minimum atomic E-state index is -0.520. The molecule has 0 saturated carbocycles. The largest absolute Gasteiger partial charge is 0.492 e. The summed E-state index contributed by atoms with van der Waals surface area (Å²) in [7, 11) is 0. The van der Waals surface area contributed by atoms with E-state index < -0.39 is 11.7 Å². The van der Waals surface area contributed by atoms with E-state index in [1.165, 1.54) is 12.1 Å². The standard InChI is InChI=1S/C22H27FN2O5/c1-3-28-20-14-18(25-9-11-27-12-10-25)21(29-4-2)13-17(20)24-22(26)15-30-19-8-6-5-7-16(19)23/h5-8,13-14H,3-4,9-12,15H2,1-2H3,(H,24,26). The molecule has 1 amide bonds. The number of amides is 1. The molecule has 0 spiro atoms. The lowest BCUT2D eigenvalue weighted by molar-refractivity contribution is -0.118. The van der Waals surface area contributed by atoms with Crippen molar-refractivity contribution in [2.75, 3.05) is 56.3 Å². The van der Waals surface area contributed by atoms with Gasteiger partial charge in [0, 0.05) is 25.2 Å². The van der Waals surface area contributed by atoms with Gasteiger partial charge in [-0.05, 0) is 26.0 Å². The van der Waals surface area contributed by atoms with Crippen LogP contribution in [0.4, 0.5) is 15.8 Å². The third-order valence-corrected chi connectivity index (χ3v) is 4.48. The number of anilines is 2. The van der Waals surface area contributed by atoms with Crippen LogP contribution in [0.25, 0.3) is 0 Å². The summed E-state index contributed by atoms with van der Waals surface area (Å²) < 4.78 is 36.0. The Hall–Kier alpha value is -3.00. The fourth-order valence-corrected chi connectivity index (χ4v) is 3.14. The van der Waals surface area contributed by atoms with Crippen LogP contribution in [0.15, 0.2) is 36.4 Å². The monoisotopic (exact) mass is 418 g/mol. The molecule has 0 aliphatic carbocycles. The Balaban J connectivity index is 1.78. The number of nitrogens with one attached hydrogen (secondary N) is 1. The summed E-state index contributed by atoms with van der Waals surface area (Å²) in [6.07, 6.45) is 0. The zero-order chi connectivity index (χ0) is 21.3. The van der Waals surface area contributed by atoms with Gasteiger partial charge in [0.2, 0.25) is 0 Å². The van der Waals surface area contributed by atoms with Crippen molar-refractivity contribution in [3.05, 3.63) is 42.2 Å². The van der Waals surface area contributed by atoms with E-state index in [9.17, 15) is 9.18 Å². The molecule has 2 aromatic rings. The van der Waals surface area contributed by atoms with Crippen molar-refractivity contribution in [1.82, 2.24) is 0 Å². The highest BCUT2D eigenvalue weighted by Crippen LogP contribution is 2.39. The minimum Gasteiger partial charge on any atom is -0.492 e. The molecule has 162 valence electrons. The van der Waals surface area contributed by atoms with Gasteiger partial charge >= 0.3 is 0 Å². The van der Waals surface area contributed by atoms with Gasteiger partial charge in [0.15, 0.2) is 18.2 Å². The summed E-state index contributed by atoms with van der Waals surface area (Å²) >= 11 is 0. The van der Waals surface area contributed by atoms with Crippen LogP contribution in [0.3, 0.4) is 0 Å².